The second-order valence-electron chi connectivity index (χ2n) is 5.03. The van der Waals surface area contributed by atoms with E-state index in [1.54, 1.807) is 18.2 Å². The molecular formula is C15H23BrN2O3. The van der Waals surface area contributed by atoms with Crippen LogP contribution in [0.1, 0.15) is 31.1 Å². The molecule has 0 heterocycles. The summed E-state index contributed by atoms with van der Waals surface area (Å²) in [5, 5.41) is 15.7. The van der Waals surface area contributed by atoms with Gasteiger partial charge in [0.25, 0.3) is 5.91 Å². The topological polar surface area (TPSA) is 70.6 Å². The SMILES string of the molecule is CCNC(=O)c1ccc(OC[C@H](O)CNC(C)C)c(Br)c1. The third kappa shape index (κ3) is 6.46. The molecule has 1 rings (SSSR count). The first-order valence-electron chi connectivity index (χ1n) is 7.06. The predicted molar refractivity (Wildman–Crippen MR) is 86.8 cm³/mol. The van der Waals surface area contributed by atoms with Crippen molar-refractivity contribution in [3.63, 3.8) is 0 Å². The molecule has 1 atom stereocenters. The van der Waals surface area contributed by atoms with Crippen molar-refractivity contribution >= 4 is 21.8 Å². The van der Waals surface area contributed by atoms with Crippen molar-refractivity contribution in [2.45, 2.75) is 32.9 Å². The number of amides is 1. The zero-order valence-corrected chi connectivity index (χ0v) is 14.2. The molecule has 1 aromatic carbocycles. The van der Waals surface area contributed by atoms with Crippen LogP contribution in [0.3, 0.4) is 0 Å². The lowest BCUT2D eigenvalue weighted by atomic mass is 10.2. The summed E-state index contributed by atoms with van der Waals surface area (Å²) in [5.74, 6) is 0.484. The smallest absolute Gasteiger partial charge is 0.251 e. The summed E-state index contributed by atoms with van der Waals surface area (Å²) < 4.78 is 6.25. The van der Waals surface area contributed by atoms with Crippen LogP contribution < -0.4 is 15.4 Å². The standard InChI is InChI=1S/C15H23BrN2O3/c1-4-17-15(20)11-5-6-14(13(16)7-11)21-9-12(19)8-18-10(2)3/h5-7,10,12,18-19H,4,8-9H2,1-3H3,(H,17,20)/t12-/m1/s1. The van der Waals surface area contributed by atoms with Crippen LogP contribution >= 0.6 is 15.9 Å². The molecule has 0 bridgehead atoms. The minimum absolute atomic E-state index is 0.120. The fourth-order valence-corrected chi connectivity index (χ4v) is 2.13. The zero-order chi connectivity index (χ0) is 15.8. The third-order valence-corrected chi connectivity index (χ3v) is 3.34. The maximum atomic E-state index is 11.7. The number of nitrogens with one attached hydrogen (secondary N) is 2. The van der Waals surface area contributed by atoms with Crippen LogP contribution in [0.5, 0.6) is 5.75 Å². The van der Waals surface area contributed by atoms with Gasteiger partial charge in [0.15, 0.2) is 0 Å². The van der Waals surface area contributed by atoms with Crippen LogP contribution in [0.25, 0.3) is 0 Å². The van der Waals surface area contributed by atoms with Crippen LogP contribution in [0.2, 0.25) is 0 Å². The van der Waals surface area contributed by atoms with E-state index in [1.165, 1.54) is 0 Å². The second-order valence-corrected chi connectivity index (χ2v) is 5.89. The summed E-state index contributed by atoms with van der Waals surface area (Å²) in [6.45, 7) is 7.17. The van der Waals surface area contributed by atoms with Gasteiger partial charge in [-0.1, -0.05) is 13.8 Å². The van der Waals surface area contributed by atoms with E-state index >= 15 is 0 Å². The Bertz CT molecular complexity index is 466. The summed E-state index contributed by atoms with van der Waals surface area (Å²) in [6.07, 6.45) is -0.581. The van der Waals surface area contributed by atoms with Crippen molar-refractivity contribution < 1.29 is 14.6 Å². The fraction of sp³-hybridized carbons (Fsp3) is 0.533. The summed E-state index contributed by atoms with van der Waals surface area (Å²) in [4.78, 5) is 11.7. The van der Waals surface area contributed by atoms with Crippen molar-refractivity contribution in [1.29, 1.82) is 0 Å². The van der Waals surface area contributed by atoms with Crippen molar-refractivity contribution in [1.82, 2.24) is 10.6 Å². The van der Waals surface area contributed by atoms with E-state index in [4.69, 9.17) is 4.74 Å². The van der Waals surface area contributed by atoms with E-state index in [0.717, 1.165) is 0 Å². The molecule has 0 aliphatic rings. The number of hydrogen-bond donors (Lipinski definition) is 3. The number of ether oxygens (including phenoxy) is 1. The zero-order valence-electron chi connectivity index (χ0n) is 12.6. The van der Waals surface area contributed by atoms with Gasteiger partial charge in [0.2, 0.25) is 0 Å². The lowest BCUT2D eigenvalue weighted by Crippen LogP contribution is -2.35. The van der Waals surface area contributed by atoms with Gasteiger partial charge >= 0.3 is 0 Å². The van der Waals surface area contributed by atoms with Crippen molar-refractivity contribution in [2.24, 2.45) is 0 Å². The molecule has 1 aromatic rings. The first kappa shape index (κ1) is 17.9. The minimum atomic E-state index is -0.581. The van der Waals surface area contributed by atoms with Crippen molar-refractivity contribution in [2.75, 3.05) is 19.7 Å². The molecule has 5 nitrogen and oxygen atoms in total. The third-order valence-electron chi connectivity index (χ3n) is 2.72. The summed E-state index contributed by atoms with van der Waals surface area (Å²) >= 11 is 3.38. The quantitative estimate of drug-likeness (QED) is 0.664. The van der Waals surface area contributed by atoms with E-state index < -0.39 is 6.10 Å². The van der Waals surface area contributed by atoms with E-state index in [0.29, 0.717) is 34.9 Å². The summed E-state index contributed by atoms with van der Waals surface area (Å²) in [6, 6.07) is 5.45. The molecule has 0 aliphatic heterocycles. The van der Waals surface area contributed by atoms with Crippen molar-refractivity contribution in [3.05, 3.63) is 28.2 Å². The Hall–Kier alpha value is -1.11. The van der Waals surface area contributed by atoms with Gasteiger partial charge in [-0.2, -0.15) is 0 Å². The Kier molecular flexibility index (Phi) is 7.71. The molecule has 1 amide bonds. The van der Waals surface area contributed by atoms with Crippen LogP contribution in [0, 0.1) is 0 Å². The average molecular weight is 359 g/mol. The van der Waals surface area contributed by atoms with Crippen LogP contribution in [-0.4, -0.2) is 42.9 Å². The molecule has 0 unspecified atom stereocenters. The second kappa shape index (κ2) is 9.02. The molecule has 0 radical (unpaired) electrons. The molecule has 0 spiro atoms. The maximum Gasteiger partial charge on any atom is 0.251 e. The number of carbonyl (C=O) groups excluding carboxylic acids is 1. The predicted octanol–water partition coefficient (Wildman–Crippen LogP) is 1.94. The van der Waals surface area contributed by atoms with Gasteiger partial charge in [0.05, 0.1) is 4.47 Å². The van der Waals surface area contributed by atoms with E-state index in [-0.39, 0.29) is 12.5 Å². The Labute approximate surface area is 134 Å². The first-order valence-corrected chi connectivity index (χ1v) is 7.85. The lowest BCUT2D eigenvalue weighted by Gasteiger charge is -2.16. The number of aliphatic hydroxyl groups is 1. The number of hydrogen-bond acceptors (Lipinski definition) is 4. The van der Waals surface area contributed by atoms with Crippen LogP contribution in [0.15, 0.2) is 22.7 Å². The molecule has 118 valence electrons. The van der Waals surface area contributed by atoms with Gasteiger partial charge in [-0.15, -0.1) is 0 Å². The highest BCUT2D eigenvalue weighted by Gasteiger charge is 2.10. The minimum Gasteiger partial charge on any atom is -0.490 e. The van der Waals surface area contributed by atoms with E-state index in [9.17, 15) is 9.90 Å². The molecule has 21 heavy (non-hydrogen) atoms. The van der Waals surface area contributed by atoms with Crippen LogP contribution in [-0.2, 0) is 0 Å². The van der Waals surface area contributed by atoms with Gasteiger partial charge in [0, 0.05) is 24.7 Å². The fourth-order valence-electron chi connectivity index (χ4n) is 1.64. The first-order chi connectivity index (χ1) is 9.93. The summed E-state index contributed by atoms with van der Waals surface area (Å²) in [5.41, 5.74) is 0.568. The highest BCUT2D eigenvalue weighted by molar-refractivity contribution is 9.10. The van der Waals surface area contributed by atoms with Crippen LogP contribution in [0.4, 0.5) is 0 Å². The number of rotatable bonds is 8. The van der Waals surface area contributed by atoms with Gasteiger partial charge in [-0.05, 0) is 41.1 Å². The molecular weight excluding hydrogens is 336 g/mol. The van der Waals surface area contributed by atoms with Gasteiger partial charge < -0.3 is 20.5 Å². The highest BCUT2D eigenvalue weighted by Crippen LogP contribution is 2.26. The van der Waals surface area contributed by atoms with E-state index in [2.05, 4.69) is 26.6 Å². The molecule has 0 saturated heterocycles. The van der Waals surface area contributed by atoms with Gasteiger partial charge in [-0.25, -0.2) is 0 Å². The molecule has 3 N–H and O–H groups in total. The Morgan fingerprint density at radius 1 is 1.43 bits per heavy atom. The highest BCUT2D eigenvalue weighted by atomic mass is 79.9. The summed E-state index contributed by atoms with van der Waals surface area (Å²) in [7, 11) is 0. The normalized spacial score (nSPS) is 12.3. The molecule has 6 heteroatoms. The Morgan fingerprint density at radius 2 is 2.14 bits per heavy atom. The number of benzene rings is 1. The monoisotopic (exact) mass is 358 g/mol. The average Bonchev–Trinajstić information content (AvgIpc) is 2.44. The van der Waals surface area contributed by atoms with Crippen molar-refractivity contribution in [3.8, 4) is 5.75 Å². The lowest BCUT2D eigenvalue weighted by molar-refractivity contribution is 0.0954. The molecule has 0 saturated carbocycles. The van der Waals surface area contributed by atoms with Gasteiger partial charge in [-0.3, -0.25) is 4.79 Å². The Morgan fingerprint density at radius 3 is 2.71 bits per heavy atom. The molecule has 0 fully saturated rings. The van der Waals surface area contributed by atoms with Gasteiger partial charge in [0.1, 0.15) is 18.5 Å². The molecule has 0 aromatic heterocycles. The van der Waals surface area contributed by atoms with E-state index in [1.807, 2.05) is 20.8 Å². The number of aliphatic hydroxyl groups excluding tert-OH is 1. The largest absolute Gasteiger partial charge is 0.490 e. The maximum absolute atomic E-state index is 11.7. The Balaban J connectivity index is 2.54. The number of carbonyl (C=O) groups is 1. The molecule has 0 aliphatic carbocycles. The number of halogens is 1.